The highest BCUT2D eigenvalue weighted by Crippen LogP contribution is 2.10. The van der Waals surface area contributed by atoms with Gasteiger partial charge in [0.25, 0.3) is 6.20 Å². The van der Waals surface area contributed by atoms with Gasteiger partial charge in [0.15, 0.2) is 5.82 Å². The fourth-order valence-electron chi connectivity index (χ4n) is 1.38. The van der Waals surface area contributed by atoms with Crippen molar-refractivity contribution in [1.29, 1.82) is 0 Å². The van der Waals surface area contributed by atoms with Crippen LogP contribution in [-0.4, -0.2) is 28.3 Å². The second-order valence-corrected chi connectivity index (χ2v) is 3.82. The molecule has 0 amide bonds. The Morgan fingerprint density at radius 2 is 2.56 bits per heavy atom. The van der Waals surface area contributed by atoms with Crippen molar-refractivity contribution in [3.63, 3.8) is 0 Å². The van der Waals surface area contributed by atoms with Crippen molar-refractivity contribution < 1.29 is 9.04 Å². The minimum absolute atomic E-state index is 0.0857. The van der Waals surface area contributed by atoms with Crippen molar-refractivity contribution >= 4 is 11.6 Å². The molecule has 1 aromatic heterocycles. The molecule has 0 aliphatic heterocycles. The molecule has 7 heteroatoms. The molecule has 1 N–H and O–H groups in total. The summed E-state index contributed by atoms with van der Waals surface area (Å²) < 4.78 is 21.6. The van der Waals surface area contributed by atoms with Crippen LogP contribution in [0.5, 0.6) is 0 Å². The van der Waals surface area contributed by atoms with Gasteiger partial charge in [-0.2, -0.15) is 0 Å². The molecule has 0 fully saturated rings. The average Bonchev–Trinajstić information content (AvgIpc) is 2.35. The maximum Gasteiger partial charge on any atom is 0.274 e. The first-order valence-corrected chi connectivity index (χ1v) is 5.58. The molecule has 1 heterocycles. The smallest absolute Gasteiger partial charge is 0.274 e. The fraction of sp³-hybridized carbons (Fsp3) is 0.364. The van der Waals surface area contributed by atoms with Gasteiger partial charge in [-0.1, -0.05) is 17.7 Å². The SMILES string of the molecule is [2H]C([2H])([2H])N/C(=C\[N+](=O)[O-])N(CC)Cc1ccc(Cl)nc1. The lowest BCUT2D eigenvalue weighted by Gasteiger charge is -2.23. The summed E-state index contributed by atoms with van der Waals surface area (Å²) >= 11 is 5.69. The van der Waals surface area contributed by atoms with Crippen LogP contribution in [0.1, 0.15) is 16.6 Å². The molecular formula is C11H15ClN4O2. The summed E-state index contributed by atoms with van der Waals surface area (Å²) in [6, 6.07) is 3.32. The number of rotatable bonds is 6. The molecule has 0 unspecified atom stereocenters. The van der Waals surface area contributed by atoms with E-state index in [1.165, 1.54) is 11.1 Å². The molecule has 0 spiro atoms. The van der Waals surface area contributed by atoms with E-state index in [0.29, 0.717) is 17.9 Å². The summed E-state index contributed by atoms with van der Waals surface area (Å²) in [6.07, 6.45) is 2.17. The number of aromatic nitrogens is 1. The molecule has 0 saturated carbocycles. The van der Waals surface area contributed by atoms with Gasteiger partial charge in [0, 0.05) is 30.4 Å². The molecule has 18 heavy (non-hydrogen) atoms. The highest BCUT2D eigenvalue weighted by molar-refractivity contribution is 6.29. The number of halogens is 1. The number of hydrogen-bond acceptors (Lipinski definition) is 5. The zero-order chi connectivity index (χ0) is 16.0. The van der Waals surface area contributed by atoms with Crippen LogP contribution in [0.3, 0.4) is 0 Å². The van der Waals surface area contributed by atoms with Crippen molar-refractivity contribution in [3.05, 3.63) is 51.2 Å². The first-order valence-electron chi connectivity index (χ1n) is 6.70. The first-order chi connectivity index (χ1) is 9.71. The van der Waals surface area contributed by atoms with E-state index in [2.05, 4.69) is 10.3 Å². The highest BCUT2D eigenvalue weighted by atomic mass is 35.5. The van der Waals surface area contributed by atoms with Crippen molar-refractivity contribution in [2.45, 2.75) is 13.5 Å². The quantitative estimate of drug-likeness (QED) is 0.487. The lowest BCUT2D eigenvalue weighted by Crippen LogP contribution is -2.30. The fourth-order valence-corrected chi connectivity index (χ4v) is 1.49. The summed E-state index contributed by atoms with van der Waals surface area (Å²) in [4.78, 5) is 15.4. The van der Waals surface area contributed by atoms with Crippen LogP contribution in [0.15, 0.2) is 30.4 Å². The lowest BCUT2D eigenvalue weighted by molar-refractivity contribution is -0.404. The Morgan fingerprint density at radius 3 is 3.06 bits per heavy atom. The van der Waals surface area contributed by atoms with E-state index in [9.17, 15) is 10.1 Å². The van der Waals surface area contributed by atoms with Crippen LogP contribution in [0.25, 0.3) is 0 Å². The molecule has 0 radical (unpaired) electrons. The Kier molecular flexibility index (Phi) is 3.83. The summed E-state index contributed by atoms with van der Waals surface area (Å²) in [5, 5.41) is 13.2. The van der Waals surface area contributed by atoms with Crippen molar-refractivity contribution in [2.75, 3.05) is 13.5 Å². The molecule has 1 aromatic rings. The minimum atomic E-state index is -2.52. The number of nitro groups is 1. The second kappa shape index (κ2) is 6.80. The molecule has 0 bridgehead atoms. The van der Waals surface area contributed by atoms with Crippen LogP contribution in [0, 0.1) is 10.1 Å². The maximum absolute atomic E-state index is 10.7. The third-order valence-electron chi connectivity index (χ3n) is 2.24. The first kappa shape index (κ1) is 10.1. The Morgan fingerprint density at radius 1 is 1.78 bits per heavy atom. The Balaban J connectivity index is 2.96. The van der Waals surface area contributed by atoms with Gasteiger partial charge < -0.3 is 10.2 Å². The second-order valence-electron chi connectivity index (χ2n) is 3.43. The third-order valence-corrected chi connectivity index (χ3v) is 2.46. The van der Waals surface area contributed by atoms with Crippen molar-refractivity contribution in [3.8, 4) is 0 Å². The van der Waals surface area contributed by atoms with E-state index >= 15 is 0 Å². The standard InChI is InChI=1S/C11H15ClN4O2/c1-3-15(11(13-2)8-16(17)18)7-9-4-5-10(12)14-6-9/h4-6,8,13H,3,7H2,1-2H3/b11-8+/i2D3. The Hall–Kier alpha value is -1.82. The topological polar surface area (TPSA) is 71.3 Å². The summed E-state index contributed by atoms with van der Waals surface area (Å²) in [6.45, 7) is -0.110. The molecule has 98 valence electrons. The monoisotopic (exact) mass is 273 g/mol. The zero-order valence-corrected chi connectivity index (χ0v) is 10.5. The van der Waals surface area contributed by atoms with E-state index in [-0.39, 0.29) is 12.4 Å². The molecule has 0 aromatic carbocycles. The molecule has 0 aliphatic rings. The maximum atomic E-state index is 10.7. The number of hydrogen-bond donors (Lipinski definition) is 1. The summed E-state index contributed by atoms with van der Waals surface area (Å²) in [5.74, 6) is -0.0857. The van der Waals surface area contributed by atoms with E-state index < -0.39 is 11.9 Å². The highest BCUT2D eigenvalue weighted by Gasteiger charge is 2.11. The molecule has 6 nitrogen and oxygen atoms in total. The number of nitrogens with one attached hydrogen (secondary N) is 1. The van der Waals surface area contributed by atoms with Crippen molar-refractivity contribution in [1.82, 2.24) is 15.2 Å². The lowest BCUT2D eigenvalue weighted by atomic mass is 10.2. The van der Waals surface area contributed by atoms with Gasteiger partial charge in [-0.05, 0) is 18.6 Å². The average molecular weight is 274 g/mol. The molecule has 0 atom stereocenters. The van der Waals surface area contributed by atoms with Gasteiger partial charge in [-0.25, -0.2) is 4.98 Å². The van der Waals surface area contributed by atoms with Crippen molar-refractivity contribution in [2.24, 2.45) is 0 Å². The van der Waals surface area contributed by atoms with Gasteiger partial charge in [-0.3, -0.25) is 10.1 Å². The van der Waals surface area contributed by atoms with Gasteiger partial charge in [-0.15, -0.1) is 0 Å². The molecule has 0 aliphatic carbocycles. The van der Waals surface area contributed by atoms with E-state index in [1.54, 1.807) is 19.1 Å². The largest absolute Gasteiger partial charge is 0.370 e. The number of pyridine rings is 1. The zero-order valence-electron chi connectivity index (χ0n) is 12.8. The predicted molar refractivity (Wildman–Crippen MR) is 69.5 cm³/mol. The summed E-state index contributed by atoms with van der Waals surface area (Å²) in [7, 11) is 0. The predicted octanol–water partition coefficient (Wildman–Crippen LogP) is 1.85. The summed E-state index contributed by atoms with van der Waals surface area (Å²) in [5.41, 5.74) is 0.753. The third kappa shape index (κ3) is 4.21. The molecular weight excluding hydrogens is 256 g/mol. The van der Waals surface area contributed by atoms with E-state index in [4.69, 9.17) is 15.7 Å². The minimum Gasteiger partial charge on any atom is -0.370 e. The van der Waals surface area contributed by atoms with Crippen LogP contribution in [0.4, 0.5) is 0 Å². The van der Waals surface area contributed by atoms with Gasteiger partial charge in [0.1, 0.15) is 5.15 Å². The Labute approximate surface area is 115 Å². The number of nitrogens with zero attached hydrogens (tertiary/aromatic N) is 3. The normalized spacial score (nSPS) is 14.3. The van der Waals surface area contributed by atoms with E-state index in [0.717, 1.165) is 5.56 Å². The van der Waals surface area contributed by atoms with Crippen LogP contribution < -0.4 is 5.32 Å². The van der Waals surface area contributed by atoms with Gasteiger partial charge >= 0.3 is 0 Å². The Bertz CT molecular complexity index is 519. The molecule has 1 rings (SSSR count). The molecule has 0 saturated heterocycles. The van der Waals surface area contributed by atoms with Crippen LogP contribution in [0.2, 0.25) is 5.15 Å². The van der Waals surface area contributed by atoms with Gasteiger partial charge in [0.2, 0.25) is 0 Å². The van der Waals surface area contributed by atoms with Gasteiger partial charge in [0.05, 0.1) is 4.92 Å². The van der Waals surface area contributed by atoms with Crippen LogP contribution >= 0.6 is 11.6 Å². The van der Waals surface area contributed by atoms with E-state index in [1.807, 2.05) is 0 Å². The van der Waals surface area contributed by atoms with Crippen LogP contribution in [-0.2, 0) is 6.54 Å².